The zero-order chi connectivity index (χ0) is 14.5. The number of nitrogens with one attached hydrogen (secondary N) is 1. The molecule has 0 amide bonds. The zero-order valence-electron chi connectivity index (χ0n) is 12.5. The summed E-state index contributed by atoms with van der Waals surface area (Å²) in [5.41, 5.74) is 0.995. The van der Waals surface area contributed by atoms with Gasteiger partial charge in [-0.2, -0.15) is 0 Å². The Morgan fingerprint density at radius 3 is 2.85 bits per heavy atom. The molecule has 20 heavy (non-hydrogen) atoms. The van der Waals surface area contributed by atoms with Crippen LogP contribution in [-0.2, 0) is 4.74 Å². The molecule has 0 aromatic heterocycles. The highest BCUT2D eigenvalue weighted by atomic mass is 35.5. The van der Waals surface area contributed by atoms with Crippen molar-refractivity contribution in [2.45, 2.75) is 39.4 Å². The number of ether oxygens (including phenoxy) is 2. The molecule has 1 aromatic carbocycles. The highest BCUT2D eigenvalue weighted by Crippen LogP contribution is 2.28. The maximum absolute atomic E-state index is 6.21. The standard InChI is InChI=1S/C16H24ClNO2/c1-11(2)19-10-16(13-7-8-18-9-13)20-15-6-4-5-14(17)12(15)3/h4-6,11,13,16,18H,7-10H2,1-3H3/t13-,16-/m1/s1. The van der Waals surface area contributed by atoms with Crippen LogP contribution in [0.25, 0.3) is 0 Å². The van der Waals surface area contributed by atoms with Crippen LogP contribution in [0.1, 0.15) is 25.8 Å². The number of hydrogen-bond acceptors (Lipinski definition) is 3. The van der Waals surface area contributed by atoms with Gasteiger partial charge in [0.25, 0.3) is 0 Å². The normalized spacial score (nSPS) is 20.4. The van der Waals surface area contributed by atoms with Gasteiger partial charge in [0.2, 0.25) is 0 Å². The van der Waals surface area contributed by atoms with Gasteiger partial charge in [0.1, 0.15) is 11.9 Å². The largest absolute Gasteiger partial charge is 0.487 e. The van der Waals surface area contributed by atoms with Crippen LogP contribution in [-0.4, -0.2) is 31.9 Å². The van der Waals surface area contributed by atoms with Crippen LogP contribution in [0.5, 0.6) is 5.75 Å². The highest BCUT2D eigenvalue weighted by molar-refractivity contribution is 6.31. The van der Waals surface area contributed by atoms with Gasteiger partial charge in [0, 0.05) is 23.0 Å². The van der Waals surface area contributed by atoms with E-state index in [2.05, 4.69) is 19.2 Å². The van der Waals surface area contributed by atoms with Gasteiger partial charge in [-0.1, -0.05) is 17.7 Å². The van der Waals surface area contributed by atoms with E-state index in [9.17, 15) is 0 Å². The maximum atomic E-state index is 6.21. The van der Waals surface area contributed by atoms with Crippen molar-refractivity contribution in [2.75, 3.05) is 19.7 Å². The summed E-state index contributed by atoms with van der Waals surface area (Å²) in [7, 11) is 0. The molecule has 1 N–H and O–H groups in total. The molecule has 1 aromatic rings. The molecule has 0 radical (unpaired) electrons. The molecular weight excluding hydrogens is 274 g/mol. The Morgan fingerprint density at radius 1 is 1.40 bits per heavy atom. The lowest BCUT2D eigenvalue weighted by atomic mass is 10.0. The first-order valence-electron chi connectivity index (χ1n) is 7.32. The average molecular weight is 298 g/mol. The first kappa shape index (κ1) is 15.6. The van der Waals surface area contributed by atoms with Gasteiger partial charge in [0.05, 0.1) is 12.7 Å². The van der Waals surface area contributed by atoms with Crippen molar-refractivity contribution in [3.05, 3.63) is 28.8 Å². The molecular formula is C16H24ClNO2. The second-order valence-corrected chi connectivity index (χ2v) is 6.06. The molecule has 1 fully saturated rings. The Morgan fingerprint density at radius 2 is 2.20 bits per heavy atom. The molecule has 0 spiro atoms. The topological polar surface area (TPSA) is 30.5 Å². The third-order valence-corrected chi connectivity index (χ3v) is 4.12. The molecule has 0 bridgehead atoms. The van der Waals surface area contributed by atoms with E-state index in [4.69, 9.17) is 21.1 Å². The third-order valence-electron chi connectivity index (χ3n) is 3.71. The molecule has 2 rings (SSSR count). The molecule has 1 aliphatic heterocycles. The van der Waals surface area contributed by atoms with Crippen LogP contribution in [0.15, 0.2) is 18.2 Å². The summed E-state index contributed by atoms with van der Waals surface area (Å²) < 4.78 is 12.0. The van der Waals surface area contributed by atoms with Gasteiger partial charge in [-0.3, -0.25) is 0 Å². The van der Waals surface area contributed by atoms with Crippen LogP contribution in [0.4, 0.5) is 0 Å². The number of benzene rings is 1. The van der Waals surface area contributed by atoms with Crippen molar-refractivity contribution in [1.29, 1.82) is 0 Å². The minimum absolute atomic E-state index is 0.0737. The minimum Gasteiger partial charge on any atom is -0.487 e. The number of rotatable bonds is 6. The highest BCUT2D eigenvalue weighted by Gasteiger charge is 2.27. The quantitative estimate of drug-likeness (QED) is 0.872. The zero-order valence-corrected chi connectivity index (χ0v) is 13.2. The van der Waals surface area contributed by atoms with Crippen LogP contribution < -0.4 is 10.1 Å². The monoisotopic (exact) mass is 297 g/mol. The molecule has 1 heterocycles. The van der Waals surface area contributed by atoms with E-state index in [0.717, 1.165) is 35.8 Å². The molecule has 0 aliphatic carbocycles. The molecule has 0 unspecified atom stereocenters. The van der Waals surface area contributed by atoms with Gasteiger partial charge in [-0.15, -0.1) is 0 Å². The SMILES string of the molecule is Cc1c(Cl)cccc1O[C@H](COC(C)C)[C@@H]1CCNC1. The summed E-state index contributed by atoms with van der Waals surface area (Å²) in [5.74, 6) is 1.36. The van der Waals surface area contributed by atoms with Crippen LogP contribution >= 0.6 is 11.6 Å². The average Bonchev–Trinajstić information content (AvgIpc) is 2.93. The Bertz CT molecular complexity index is 430. The Labute approximate surface area is 126 Å². The van der Waals surface area contributed by atoms with Crippen LogP contribution in [0.3, 0.4) is 0 Å². The fourth-order valence-corrected chi connectivity index (χ4v) is 2.59. The van der Waals surface area contributed by atoms with Crippen molar-refractivity contribution in [1.82, 2.24) is 5.32 Å². The molecule has 112 valence electrons. The predicted molar refractivity (Wildman–Crippen MR) is 82.7 cm³/mol. The third kappa shape index (κ3) is 4.11. The summed E-state index contributed by atoms with van der Waals surface area (Å²) in [6, 6.07) is 5.80. The fraction of sp³-hybridized carbons (Fsp3) is 0.625. The van der Waals surface area contributed by atoms with Gasteiger partial charge in [-0.25, -0.2) is 0 Å². The van der Waals surface area contributed by atoms with Crippen LogP contribution in [0.2, 0.25) is 5.02 Å². The van der Waals surface area contributed by atoms with Crippen molar-refractivity contribution in [3.8, 4) is 5.75 Å². The van der Waals surface area contributed by atoms with Crippen LogP contribution in [0, 0.1) is 12.8 Å². The van der Waals surface area contributed by atoms with E-state index < -0.39 is 0 Å². The Hall–Kier alpha value is -0.770. The van der Waals surface area contributed by atoms with Crippen molar-refractivity contribution in [3.63, 3.8) is 0 Å². The van der Waals surface area contributed by atoms with E-state index in [-0.39, 0.29) is 12.2 Å². The smallest absolute Gasteiger partial charge is 0.126 e. The van der Waals surface area contributed by atoms with Crippen molar-refractivity contribution in [2.24, 2.45) is 5.92 Å². The number of halogens is 1. The Balaban J connectivity index is 2.07. The second-order valence-electron chi connectivity index (χ2n) is 5.65. The molecule has 3 nitrogen and oxygen atoms in total. The van der Waals surface area contributed by atoms with Gasteiger partial charge >= 0.3 is 0 Å². The first-order chi connectivity index (χ1) is 9.58. The summed E-state index contributed by atoms with van der Waals surface area (Å²) in [4.78, 5) is 0. The first-order valence-corrected chi connectivity index (χ1v) is 7.70. The lowest BCUT2D eigenvalue weighted by Gasteiger charge is -2.26. The molecule has 1 saturated heterocycles. The molecule has 4 heteroatoms. The van der Waals surface area contributed by atoms with Crippen molar-refractivity contribution >= 4 is 11.6 Å². The summed E-state index contributed by atoms with van der Waals surface area (Å²) >= 11 is 6.16. The molecule has 0 saturated carbocycles. The van der Waals surface area contributed by atoms with E-state index >= 15 is 0 Å². The fourth-order valence-electron chi connectivity index (χ4n) is 2.43. The van der Waals surface area contributed by atoms with Gasteiger partial charge < -0.3 is 14.8 Å². The van der Waals surface area contributed by atoms with E-state index in [1.54, 1.807) is 0 Å². The molecule has 1 aliphatic rings. The maximum Gasteiger partial charge on any atom is 0.126 e. The lowest BCUT2D eigenvalue weighted by Crippen LogP contribution is -2.34. The second kappa shape index (κ2) is 7.30. The summed E-state index contributed by atoms with van der Waals surface area (Å²) in [6.07, 6.45) is 1.42. The van der Waals surface area contributed by atoms with Gasteiger partial charge in [-0.05, 0) is 45.9 Å². The Kier molecular flexibility index (Phi) is 5.70. The lowest BCUT2D eigenvalue weighted by molar-refractivity contribution is -0.00390. The van der Waals surface area contributed by atoms with E-state index in [1.165, 1.54) is 0 Å². The molecule has 2 atom stereocenters. The number of hydrogen-bond donors (Lipinski definition) is 1. The predicted octanol–water partition coefficient (Wildman–Crippen LogP) is 3.43. The van der Waals surface area contributed by atoms with E-state index in [0.29, 0.717) is 12.5 Å². The minimum atomic E-state index is 0.0737. The van der Waals surface area contributed by atoms with Crippen molar-refractivity contribution < 1.29 is 9.47 Å². The van der Waals surface area contributed by atoms with Gasteiger partial charge in [0.15, 0.2) is 0 Å². The van der Waals surface area contributed by atoms with E-state index in [1.807, 2.05) is 25.1 Å². The summed E-state index contributed by atoms with van der Waals surface area (Å²) in [5, 5.41) is 4.14. The summed E-state index contributed by atoms with van der Waals surface area (Å²) in [6.45, 7) is 8.76.